The van der Waals surface area contributed by atoms with Crippen molar-refractivity contribution in [2.24, 2.45) is 5.92 Å². The van der Waals surface area contributed by atoms with E-state index in [2.05, 4.69) is 5.32 Å². The van der Waals surface area contributed by atoms with Crippen molar-refractivity contribution in [1.82, 2.24) is 0 Å². The molecule has 0 radical (unpaired) electrons. The predicted octanol–water partition coefficient (Wildman–Crippen LogP) is 3.73. The molecule has 1 heterocycles. The summed E-state index contributed by atoms with van der Waals surface area (Å²) in [6.45, 7) is 3.86. The molecule has 1 amide bonds. The minimum atomic E-state index is -0.404. The van der Waals surface area contributed by atoms with Crippen molar-refractivity contribution in [3.8, 4) is 11.5 Å². The first-order valence-electron chi connectivity index (χ1n) is 8.99. The largest absolute Gasteiger partial charge is 0.455 e. The maximum Gasteiger partial charge on any atom is 0.314 e. The number of anilines is 1. The first-order chi connectivity index (χ1) is 13.1. The van der Waals surface area contributed by atoms with Gasteiger partial charge in [0.05, 0.1) is 5.92 Å². The van der Waals surface area contributed by atoms with Gasteiger partial charge in [-0.25, -0.2) is 0 Å². The number of esters is 1. The highest BCUT2D eigenvalue weighted by atomic mass is 16.7. The van der Waals surface area contributed by atoms with Gasteiger partial charge in [-0.3, -0.25) is 9.59 Å². The second-order valence-corrected chi connectivity index (χ2v) is 6.50. The van der Waals surface area contributed by atoms with Gasteiger partial charge in [0.25, 0.3) is 5.91 Å². The molecule has 0 bridgehead atoms. The Bertz CT molecular complexity index is 805. The van der Waals surface area contributed by atoms with E-state index in [4.69, 9.17) is 14.2 Å². The molecule has 142 valence electrons. The topological polar surface area (TPSA) is 73.9 Å². The molecule has 2 atom stereocenters. The Balaban J connectivity index is 1.59. The van der Waals surface area contributed by atoms with Crippen LogP contribution in [0.3, 0.4) is 0 Å². The molecule has 0 spiro atoms. The number of hydrogen-bond donors (Lipinski definition) is 1. The number of carbonyl (C=O) groups excluding carboxylic acids is 2. The van der Waals surface area contributed by atoms with Crippen LogP contribution in [0.4, 0.5) is 5.69 Å². The van der Waals surface area contributed by atoms with Crippen molar-refractivity contribution < 1.29 is 23.8 Å². The highest BCUT2D eigenvalue weighted by Gasteiger charge is 2.27. The molecule has 0 aromatic heterocycles. The number of carbonyl (C=O) groups is 2. The summed E-state index contributed by atoms with van der Waals surface area (Å²) in [5, 5.41) is 2.70. The summed E-state index contributed by atoms with van der Waals surface area (Å²) in [5.41, 5.74) is 1.45. The lowest BCUT2D eigenvalue weighted by Crippen LogP contribution is -2.26. The molecule has 0 saturated carbocycles. The second kappa shape index (κ2) is 8.58. The summed E-state index contributed by atoms with van der Waals surface area (Å²) in [5.74, 6) is 0.130. The number of benzene rings is 2. The Morgan fingerprint density at radius 1 is 1.11 bits per heavy atom. The monoisotopic (exact) mass is 369 g/mol. The van der Waals surface area contributed by atoms with Crippen LogP contribution in [0.25, 0.3) is 0 Å². The van der Waals surface area contributed by atoms with Gasteiger partial charge in [0, 0.05) is 11.8 Å². The Morgan fingerprint density at radius 3 is 2.59 bits per heavy atom. The molecular formula is C21H23NO5. The molecule has 0 aliphatic carbocycles. The van der Waals surface area contributed by atoms with E-state index in [9.17, 15) is 9.59 Å². The van der Waals surface area contributed by atoms with E-state index in [1.165, 1.54) is 0 Å². The fraction of sp³-hybridized carbons (Fsp3) is 0.333. The third kappa shape index (κ3) is 4.58. The van der Waals surface area contributed by atoms with E-state index in [1.807, 2.05) is 44.2 Å². The minimum absolute atomic E-state index is 0.108. The molecule has 27 heavy (non-hydrogen) atoms. The molecule has 0 unspecified atom stereocenters. The van der Waals surface area contributed by atoms with Gasteiger partial charge in [-0.15, -0.1) is 0 Å². The molecule has 1 aliphatic heterocycles. The Labute approximate surface area is 158 Å². The predicted molar refractivity (Wildman–Crippen MR) is 101 cm³/mol. The zero-order chi connectivity index (χ0) is 19.2. The Morgan fingerprint density at radius 2 is 1.85 bits per heavy atom. The second-order valence-electron chi connectivity index (χ2n) is 6.50. The lowest BCUT2D eigenvalue weighted by Gasteiger charge is -2.21. The summed E-state index contributed by atoms with van der Waals surface area (Å²) in [4.78, 5) is 24.8. The van der Waals surface area contributed by atoms with E-state index < -0.39 is 17.8 Å². The summed E-state index contributed by atoms with van der Waals surface area (Å²) < 4.78 is 15.8. The van der Waals surface area contributed by atoms with Crippen LogP contribution in [0, 0.1) is 5.92 Å². The van der Waals surface area contributed by atoms with Crippen LogP contribution in [-0.2, 0) is 14.3 Å². The summed E-state index contributed by atoms with van der Waals surface area (Å²) in [7, 11) is 0. The van der Waals surface area contributed by atoms with Crippen LogP contribution in [0.15, 0.2) is 48.5 Å². The lowest BCUT2D eigenvalue weighted by atomic mass is 9.86. The van der Waals surface area contributed by atoms with Gasteiger partial charge < -0.3 is 19.5 Å². The lowest BCUT2D eigenvalue weighted by molar-refractivity contribution is -0.150. The highest BCUT2D eigenvalue weighted by Crippen LogP contribution is 2.34. The van der Waals surface area contributed by atoms with Gasteiger partial charge >= 0.3 is 5.97 Å². The number of nitrogens with one attached hydrogen (secondary N) is 1. The third-order valence-corrected chi connectivity index (χ3v) is 4.63. The number of ether oxygens (including phenoxy) is 3. The molecule has 0 fully saturated rings. The molecule has 0 saturated heterocycles. The Hall–Kier alpha value is -3.02. The van der Waals surface area contributed by atoms with Gasteiger partial charge in [-0.1, -0.05) is 50.6 Å². The average Bonchev–Trinajstić information content (AvgIpc) is 3.15. The molecular weight excluding hydrogens is 346 g/mol. The first-order valence-corrected chi connectivity index (χ1v) is 8.99. The summed E-state index contributed by atoms with van der Waals surface area (Å²) in [6, 6.07) is 14.6. The van der Waals surface area contributed by atoms with Crippen LogP contribution < -0.4 is 14.8 Å². The van der Waals surface area contributed by atoms with Crippen LogP contribution in [0.2, 0.25) is 0 Å². The van der Waals surface area contributed by atoms with Gasteiger partial charge in [0.1, 0.15) is 0 Å². The van der Waals surface area contributed by atoms with Crippen molar-refractivity contribution in [3.05, 3.63) is 54.1 Å². The minimum Gasteiger partial charge on any atom is -0.455 e. The van der Waals surface area contributed by atoms with Crippen molar-refractivity contribution in [1.29, 1.82) is 0 Å². The fourth-order valence-corrected chi connectivity index (χ4v) is 2.99. The van der Waals surface area contributed by atoms with Crippen LogP contribution >= 0.6 is 0 Å². The normalized spacial score (nSPS) is 14.3. The fourth-order valence-electron chi connectivity index (χ4n) is 2.99. The Kier molecular flexibility index (Phi) is 5.96. The van der Waals surface area contributed by atoms with Crippen LogP contribution in [0.5, 0.6) is 11.5 Å². The van der Waals surface area contributed by atoms with Gasteiger partial charge in [-0.05, 0) is 23.6 Å². The molecule has 6 nitrogen and oxygen atoms in total. The molecule has 6 heteroatoms. The van der Waals surface area contributed by atoms with E-state index >= 15 is 0 Å². The van der Waals surface area contributed by atoms with Crippen molar-refractivity contribution in [2.75, 3.05) is 18.7 Å². The number of amides is 1. The highest BCUT2D eigenvalue weighted by molar-refractivity contribution is 5.93. The number of hydrogen-bond acceptors (Lipinski definition) is 5. The van der Waals surface area contributed by atoms with Gasteiger partial charge in [0.2, 0.25) is 6.79 Å². The molecule has 1 aliphatic rings. The quantitative estimate of drug-likeness (QED) is 0.753. The van der Waals surface area contributed by atoms with Crippen LogP contribution in [0.1, 0.15) is 31.7 Å². The maximum absolute atomic E-state index is 12.6. The van der Waals surface area contributed by atoms with Crippen molar-refractivity contribution >= 4 is 17.6 Å². The standard InChI is InChI=1S/C21H23NO5/c1-3-14(2)20(15-7-5-4-6-8-15)21(24)25-12-19(23)22-16-9-10-17-18(11-16)27-13-26-17/h4-11,14,20H,3,12-13H2,1-2H3,(H,22,23)/t14-,20-/m1/s1. The smallest absolute Gasteiger partial charge is 0.314 e. The summed E-state index contributed by atoms with van der Waals surface area (Å²) >= 11 is 0. The van der Waals surface area contributed by atoms with E-state index in [0.29, 0.717) is 17.2 Å². The summed E-state index contributed by atoms with van der Waals surface area (Å²) in [6.07, 6.45) is 0.831. The number of rotatable bonds is 7. The van der Waals surface area contributed by atoms with Crippen molar-refractivity contribution in [2.45, 2.75) is 26.2 Å². The zero-order valence-electron chi connectivity index (χ0n) is 15.4. The SMILES string of the molecule is CC[C@@H](C)[C@@H](C(=O)OCC(=O)Nc1ccc2c(c1)OCO2)c1ccccc1. The molecule has 3 rings (SSSR count). The first kappa shape index (κ1) is 18.8. The molecule has 1 N–H and O–H groups in total. The van der Waals surface area contributed by atoms with Crippen LogP contribution in [-0.4, -0.2) is 25.3 Å². The van der Waals surface area contributed by atoms with Gasteiger partial charge in [0.15, 0.2) is 18.1 Å². The zero-order valence-corrected chi connectivity index (χ0v) is 15.4. The van der Waals surface area contributed by atoms with Crippen molar-refractivity contribution in [3.63, 3.8) is 0 Å². The maximum atomic E-state index is 12.6. The third-order valence-electron chi connectivity index (χ3n) is 4.63. The molecule has 2 aromatic carbocycles. The van der Waals surface area contributed by atoms with Gasteiger partial charge in [-0.2, -0.15) is 0 Å². The van der Waals surface area contributed by atoms with E-state index in [0.717, 1.165) is 12.0 Å². The molecule has 2 aromatic rings. The van der Waals surface area contributed by atoms with E-state index in [1.54, 1.807) is 18.2 Å². The van der Waals surface area contributed by atoms with E-state index in [-0.39, 0.29) is 19.3 Å². The number of fused-ring (bicyclic) bond motifs is 1. The average molecular weight is 369 g/mol.